The minimum absolute atomic E-state index is 0.0452. The van der Waals surface area contributed by atoms with E-state index in [1.165, 1.54) is 0 Å². The lowest BCUT2D eigenvalue weighted by atomic mass is 10.1. The van der Waals surface area contributed by atoms with E-state index in [2.05, 4.69) is 10.2 Å². The van der Waals surface area contributed by atoms with E-state index in [1.54, 1.807) is 32.4 Å². The summed E-state index contributed by atoms with van der Waals surface area (Å²) < 4.78 is 10.6. The fourth-order valence-corrected chi connectivity index (χ4v) is 3.90. The molecule has 4 rings (SSSR count). The smallest absolute Gasteiger partial charge is 0.255 e. The van der Waals surface area contributed by atoms with Crippen LogP contribution in [0.15, 0.2) is 72.8 Å². The molecule has 0 unspecified atom stereocenters. The number of rotatable bonds is 6. The van der Waals surface area contributed by atoms with Crippen LogP contribution in [0.4, 0.5) is 11.4 Å². The Morgan fingerprint density at radius 2 is 1.36 bits per heavy atom. The van der Waals surface area contributed by atoms with Crippen LogP contribution in [0.1, 0.15) is 20.7 Å². The summed E-state index contributed by atoms with van der Waals surface area (Å²) in [5.41, 5.74) is 2.78. The highest BCUT2D eigenvalue weighted by Gasteiger charge is 2.24. The number of methoxy groups -OCH3 is 2. The SMILES string of the molecule is COc1cc(OC)cc(C(=O)Nc2ccccc2N2CCN(C(=O)c3ccccc3)CC2)c1. The van der Waals surface area contributed by atoms with E-state index in [-0.39, 0.29) is 11.8 Å². The van der Waals surface area contributed by atoms with E-state index >= 15 is 0 Å². The molecule has 0 aromatic heterocycles. The lowest BCUT2D eigenvalue weighted by Crippen LogP contribution is -2.49. The van der Waals surface area contributed by atoms with Crippen LogP contribution in [-0.4, -0.2) is 57.1 Å². The predicted octanol–water partition coefficient (Wildman–Crippen LogP) is 3.92. The molecule has 1 fully saturated rings. The van der Waals surface area contributed by atoms with Gasteiger partial charge in [0, 0.05) is 43.4 Å². The van der Waals surface area contributed by atoms with Crippen molar-refractivity contribution in [2.75, 3.05) is 50.6 Å². The second kappa shape index (κ2) is 10.1. The molecule has 2 amide bonds. The van der Waals surface area contributed by atoms with E-state index in [0.717, 1.165) is 5.69 Å². The number of carbonyl (C=O) groups excluding carboxylic acids is 2. The van der Waals surface area contributed by atoms with Crippen molar-refractivity contribution in [1.82, 2.24) is 4.90 Å². The monoisotopic (exact) mass is 445 g/mol. The maximum atomic E-state index is 13.0. The van der Waals surface area contributed by atoms with Crippen LogP contribution < -0.4 is 19.7 Å². The van der Waals surface area contributed by atoms with Crippen molar-refractivity contribution in [3.8, 4) is 11.5 Å². The zero-order valence-electron chi connectivity index (χ0n) is 18.8. The largest absolute Gasteiger partial charge is 0.497 e. The average Bonchev–Trinajstić information content (AvgIpc) is 2.88. The molecule has 1 aliphatic heterocycles. The third-order valence-electron chi connectivity index (χ3n) is 5.69. The van der Waals surface area contributed by atoms with Crippen LogP contribution in [0.5, 0.6) is 11.5 Å². The highest BCUT2D eigenvalue weighted by atomic mass is 16.5. The van der Waals surface area contributed by atoms with Crippen molar-refractivity contribution in [2.45, 2.75) is 0 Å². The van der Waals surface area contributed by atoms with Crippen molar-refractivity contribution in [2.24, 2.45) is 0 Å². The van der Waals surface area contributed by atoms with Gasteiger partial charge < -0.3 is 24.6 Å². The predicted molar refractivity (Wildman–Crippen MR) is 128 cm³/mol. The van der Waals surface area contributed by atoms with E-state index < -0.39 is 0 Å². The number of hydrogen-bond acceptors (Lipinski definition) is 5. The molecule has 3 aromatic rings. The fraction of sp³-hybridized carbons (Fsp3) is 0.231. The molecule has 1 aliphatic rings. The Labute approximate surface area is 193 Å². The summed E-state index contributed by atoms with van der Waals surface area (Å²) in [6.45, 7) is 2.59. The molecule has 33 heavy (non-hydrogen) atoms. The molecule has 0 bridgehead atoms. The van der Waals surface area contributed by atoms with Crippen molar-refractivity contribution in [3.63, 3.8) is 0 Å². The third-order valence-corrected chi connectivity index (χ3v) is 5.69. The number of amides is 2. The highest BCUT2D eigenvalue weighted by Crippen LogP contribution is 2.29. The van der Waals surface area contributed by atoms with E-state index in [0.29, 0.717) is 54.5 Å². The summed E-state index contributed by atoms with van der Waals surface area (Å²) >= 11 is 0. The van der Waals surface area contributed by atoms with Gasteiger partial charge in [0.05, 0.1) is 25.6 Å². The molecule has 1 N–H and O–H groups in total. The first-order valence-corrected chi connectivity index (χ1v) is 10.8. The molecule has 0 radical (unpaired) electrons. The number of anilines is 2. The van der Waals surface area contributed by atoms with Crippen molar-refractivity contribution in [3.05, 3.63) is 83.9 Å². The minimum atomic E-state index is -0.252. The molecule has 0 saturated carbocycles. The maximum Gasteiger partial charge on any atom is 0.255 e. The molecule has 0 spiro atoms. The number of benzene rings is 3. The van der Waals surface area contributed by atoms with Gasteiger partial charge in [-0.2, -0.15) is 0 Å². The topological polar surface area (TPSA) is 71.1 Å². The summed E-state index contributed by atoms with van der Waals surface area (Å²) in [5, 5.41) is 3.01. The summed E-state index contributed by atoms with van der Waals surface area (Å²) in [5.74, 6) is 0.889. The molecule has 170 valence electrons. The molecule has 7 nitrogen and oxygen atoms in total. The number of ether oxygens (including phenoxy) is 2. The van der Waals surface area contributed by atoms with Gasteiger partial charge in [0.15, 0.2) is 0 Å². The Balaban J connectivity index is 1.46. The molecule has 0 atom stereocenters. The second-order valence-corrected chi connectivity index (χ2v) is 7.72. The number of carbonyl (C=O) groups is 2. The molecular formula is C26H27N3O4. The van der Waals surface area contributed by atoms with Gasteiger partial charge in [-0.25, -0.2) is 0 Å². The van der Waals surface area contributed by atoms with Crippen LogP contribution in [0.3, 0.4) is 0 Å². The second-order valence-electron chi connectivity index (χ2n) is 7.72. The summed E-state index contributed by atoms with van der Waals surface area (Å²) in [4.78, 5) is 29.8. The quantitative estimate of drug-likeness (QED) is 0.623. The lowest BCUT2D eigenvalue weighted by molar-refractivity contribution is 0.0746. The van der Waals surface area contributed by atoms with Crippen LogP contribution in [0, 0.1) is 0 Å². The van der Waals surface area contributed by atoms with Crippen molar-refractivity contribution < 1.29 is 19.1 Å². The zero-order valence-corrected chi connectivity index (χ0v) is 18.8. The standard InChI is InChI=1S/C26H27N3O4/c1-32-21-16-20(17-22(18-21)33-2)25(30)27-23-10-6-7-11-24(23)28-12-14-29(15-13-28)26(31)19-8-4-3-5-9-19/h3-11,16-18H,12-15H2,1-2H3,(H,27,30). The lowest BCUT2D eigenvalue weighted by Gasteiger charge is -2.37. The van der Waals surface area contributed by atoms with Crippen molar-refractivity contribution in [1.29, 1.82) is 0 Å². The van der Waals surface area contributed by atoms with Gasteiger partial charge in [0.25, 0.3) is 11.8 Å². The summed E-state index contributed by atoms with van der Waals surface area (Å²) in [6, 6.07) is 22.1. The molecule has 3 aromatic carbocycles. The number of para-hydroxylation sites is 2. The van der Waals surface area contributed by atoms with Gasteiger partial charge >= 0.3 is 0 Å². The van der Waals surface area contributed by atoms with E-state index in [1.807, 2.05) is 59.5 Å². The molecule has 1 saturated heterocycles. The Bertz CT molecular complexity index is 1100. The fourth-order valence-electron chi connectivity index (χ4n) is 3.90. The van der Waals surface area contributed by atoms with Gasteiger partial charge in [0.1, 0.15) is 11.5 Å². The number of nitrogens with zero attached hydrogens (tertiary/aromatic N) is 2. The van der Waals surface area contributed by atoms with Gasteiger partial charge in [-0.15, -0.1) is 0 Å². The molecular weight excluding hydrogens is 418 g/mol. The first kappa shape index (κ1) is 22.2. The first-order valence-electron chi connectivity index (χ1n) is 10.8. The normalized spacial score (nSPS) is 13.4. The average molecular weight is 446 g/mol. The Morgan fingerprint density at radius 1 is 0.758 bits per heavy atom. The highest BCUT2D eigenvalue weighted by molar-refractivity contribution is 6.06. The molecule has 7 heteroatoms. The third kappa shape index (κ3) is 5.09. The van der Waals surface area contributed by atoms with Crippen molar-refractivity contribution >= 4 is 23.2 Å². The van der Waals surface area contributed by atoms with E-state index in [9.17, 15) is 9.59 Å². The van der Waals surface area contributed by atoms with Gasteiger partial charge in [-0.3, -0.25) is 9.59 Å². The van der Waals surface area contributed by atoms with Gasteiger partial charge in [-0.05, 0) is 36.4 Å². The van der Waals surface area contributed by atoms with E-state index in [4.69, 9.17) is 9.47 Å². The van der Waals surface area contributed by atoms with Crippen LogP contribution in [-0.2, 0) is 0 Å². The van der Waals surface area contributed by atoms with Crippen LogP contribution in [0.2, 0.25) is 0 Å². The number of piperazine rings is 1. The number of hydrogen-bond donors (Lipinski definition) is 1. The Kier molecular flexibility index (Phi) is 6.78. The summed E-state index contributed by atoms with van der Waals surface area (Å²) in [7, 11) is 3.10. The first-order chi connectivity index (χ1) is 16.1. The molecule has 0 aliphatic carbocycles. The Hall–Kier alpha value is -4.00. The summed E-state index contributed by atoms with van der Waals surface area (Å²) in [6.07, 6.45) is 0. The molecule has 1 heterocycles. The van der Waals surface area contributed by atoms with Crippen LogP contribution in [0.25, 0.3) is 0 Å². The van der Waals surface area contributed by atoms with Gasteiger partial charge in [-0.1, -0.05) is 30.3 Å². The van der Waals surface area contributed by atoms with Gasteiger partial charge in [0.2, 0.25) is 0 Å². The minimum Gasteiger partial charge on any atom is -0.497 e. The maximum absolute atomic E-state index is 13.0. The number of nitrogens with one attached hydrogen (secondary N) is 1. The zero-order chi connectivity index (χ0) is 23.2. The van der Waals surface area contributed by atoms with Crippen LogP contribution >= 0.6 is 0 Å². The Morgan fingerprint density at radius 3 is 2.00 bits per heavy atom.